The number of nitrogens with one attached hydrogen (secondary N) is 6. The standard InChI is InChI=1S/C23H36N6OS2/c1-15-7-3-5-9-19(15)24-22(31)28-26-18-13-11-17(12-14-18)21(30)27-29-23(32)25-20-10-6-4-8-16(20)2/h11-16,19-20,26H,3-10H2,1-2H3,(H,27,30)(H2,24,28,31)(H2,25,29,32)/t15-,16-,19+,20+/m0/s1. The van der Waals surface area contributed by atoms with Crippen molar-refractivity contribution >= 4 is 46.3 Å². The van der Waals surface area contributed by atoms with E-state index in [1.807, 2.05) is 12.1 Å². The van der Waals surface area contributed by atoms with E-state index in [9.17, 15) is 4.79 Å². The van der Waals surface area contributed by atoms with Crippen LogP contribution in [-0.4, -0.2) is 28.2 Å². The molecule has 2 fully saturated rings. The average Bonchev–Trinajstić information content (AvgIpc) is 2.79. The molecule has 0 spiro atoms. The summed E-state index contributed by atoms with van der Waals surface area (Å²) < 4.78 is 0. The van der Waals surface area contributed by atoms with Crippen LogP contribution < -0.4 is 32.3 Å². The summed E-state index contributed by atoms with van der Waals surface area (Å²) in [5, 5.41) is 7.75. The Hall–Kier alpha value is -2.13. The van der Waals surface area contributed by atoms with Gasteiger partial charge in [0.1, 0.15) is 0 Å². The van der Waals surface area contributed by atoms with Crippen molar-refractivity contribution in [3.63, 3.8) is 0 Å². The molecule has 0 aliphatic heterocycles. The zero-order valence-electron chi connectivity index (χ0n) is 19.0. The van der Waals surface area contributed by atoms with Crippen molar-refractivity contribution in [2.24, 2.45) is 11.8 Å². The molecule has 3 rings (SSSR count). The van der Waals surface area contributed by atoms with Crippen molar-refractivity contribution in [1.82, 2.24) is 26.9 Å². The number of benzene rings is 1. The van der Waals surface area contributed by atoms with Gasteiger partial charge in [-0.2, -0.15) is 0 Å². The fourth-order valence-corrected chi connectivity index (χ4v) is 4.89. The molecule has 0 heterocycles. The number of carbonyl (C=O) groups excluding carboxylic acids is 1. The van der Waals surface area contributed by atoms with Crippen LogP contribution in [-0.2, 0) is 0 Å². The van der Waals surface area contributed by atoms with E-state index in [0.717, 1.165) is 18.5 Å². The molecule has 176 valence electrons. The second-order valence-corrected chi connectivity index (χ2v) is 9.91. The van der Waals surface area contributed by atoms with Gasteiger partial charge in [-0.05, 0) is 86.2 Å². The predicted octanol–water partition coefficient (Wildman–Crippen LogP) is 3.74. The Kier molecular flexibility index (Phi) is 9.35. The normalized spacial score (nSPS) is 25.2. The maximum atomic E-state index is 12.4. The molecule has 4 atom stereocenters. The van der Waals surface area contributed by atoms with E-state index in [1.165, 1.54) is 38.5 Å². The first-order valence-electron chi connectivity index (χ1n) is 11.7. The van der Waals surface area contributed by atoms with Crippen LogP contribution in [0.15, 0.2) is 24.3 Å². The number of amides is 1. The first-order valence-corrected chi connectivity index (χ1v) is 12.5. The molecule has 6 N–H and O–H groups in total. The van der Waals surface area contributed by atoms with Crippen molar-refractivity contribution in [1.29, 1.82) is 0 Å². The summed E-state index contributed by atoms with van der Waals surface area (Å²) in [6, 6.07) is 7.94. The number of hydrogen-bond acceptors (Lipinski definition) is 4. The van der Waals surface area contributed by atoms with E-state index >= 15 is 0 Å². The molecule has 0 radical (unpaired) electrons. The Morgan fingerprint density at radius 3 is 1.78 bits per heavy atom. The summed E-state index contributed by atoms with van der Waals surface area (Å²) >= 11 is 10.7. The Balaban J connectivity index is 1.38. The van der Waals surface area contributed by atoms with Gasteiger partial charge < -0.3 is 10.6 Å². The maximum Gasteiger partial charge on any atom is 0.269 e. The van der Waals surface area contributed by atoms with Crippen molar-refractivity contribution in [2.75, 3.05) is 5.43 Å². The number of thiocarbonyl (C=S) groups is 2. The Bertz CT molecular complexity index is 787. The maximum absolute atomic E-state index is 12.4. The molecule has 1 aromatic carbocycles. The third kappa shape index (κ3) is 7.48. The number of hydrazine groups is 2. The average molecular weight is 477 g/mol. The smallest absolute Gasteiger partial charge is 0.269 e. The van der Waals surface area contributed by atoms with Crippen LogP contribution in [0, 0.1) is 11.8 Å². The molecule has 2 aliphatic rings. The lowest BCUT2D eigenvalue weighted by Gasteiger charge is -2.30. The molecule has 1 aromatic rings. The van der Waals surface area contributed by atoms with Crippen LogP contribution >= 0.6 is 24.4 Å². The topological polar surface area (TPSA) is 89.2 Å². The molecule has 0 unspecified atom stereocenters. The predicted molar refractivity (Wildman–Crippen MR) is 138 cm³/mol. The summed E-state index contributed by atoms with van der Waals surface area (Å²) in [7, 11) is 0. The van der Waals surface area contributed by atoms with Crippen molar-refractivity contribution in [3.8, 4) is 0 Å². The molecular formula is C23H36N6OS2. The highest BCUT2D eigenvalue weighted by molar-refractivity contribution is 7.80. The fraction of sp³-hybridized carbons (Fsp3) is 0.609. The van der Waals surface area contributed by atoms with Crippen LogP contribution in [0.2, 0.25) is 0 Å². The third-order valence-electron chi connectivity index (χ3n) is 6.61. The molecule has 0 bridgehead atoms. The molecular weight excluding hydrogens is 440 g/mol. The summed E-state index contributed by atoms with van der Waals surface area (Å²) in [6.07, 6.45) is 9.75. The first kappa shape index (κ1) is 24.5. The first-order chi connectivity index (χ1) is 15.4. The van der Waals surface area contributed by atoms with Crippen molar-refractivity contribution in [3.05, 3.63) is 29.8 Å². The van der Waals surface area contributed by atoms with Crippen LogP contribution in [0.3, 0.4) is 0 Å². The third-order valence-corrected chi connectivity index (χ3v) is 7.05. The van der Waals surface area contributed by atoms with Crippen LogP contribution in [0.4, 0.5) is 5.69 Å². The molecule has 2 saturated carbocycles. The number of hydrogen-bond donors (Lipinski definition) is 6. The summed E-state index contributed by atoms with van der Waals surface area (Å²) in [5.74, 6) is 0.972. The van der Waals surface area contributed by atoms with Crippen LogP contribution in [0.1, 0.15) is 75.6 Å². The van der Waals surface area contributed by atoms with Gasteiger partial charge in [0, 0.05) is 17.6 Å². The molecule has 32 heavy (non-hydrogen) atoms. The fourth-order valence-electron chi connectivity index (χ4n) is 4.49. The zero-order valence-corrected chi connectivity index (χ0v) is 20.6. The molecule has 1 amide bonds. The lowest BCUT2D eigenvalue weighted by Crippen LogP contribution is -2.51. The highest BCUT2D eigenvalue weighted by Gasteiger charge is 2.22. The largest absolute Gasteiger partial charge is 0.358 e. The Labute approximate surface area is 202 Å². The van der Waals surface area contributed by atoms with Gasteiger partial charge in [-0.15, -0.1) is 0 Å². The molecule has 0 saturated heterocycles. The number of anilines is 1. The van der Waals surface area contributed by atoms with Gasteiger partial charge in [0.25, 0.3) is 5.91 Å². The number of rotatable bonds is 5. The van der Waals surface area contributed by atoms with Crippen molar-refractivity contribution in [2.45, 2.75) is 77.3 Å². The van der Waals surface area contributed by atoms with Crippen LogP contribution in [0.5, 0.6) is 0 Å². The lowest BCUT2D eigenvalue weighted by molar-refractivity contribution is 0.0943. The van der Waals surface area contributed by atoms with E-state index in [-0.39, 0.29) is 5.91 Å². The van der Waals surface area contributed by atoms with E-state index in [1.54, 1.807) is 12.1 Å². The van der Waals surface area contributed by atoms with E-state index in [2.05, 4.69) is 46.2 Å². The summed E-state index contributed by atoms with van der Waals surface area (Å²) in [5.41, 5.74) is 12.9. The van der Waals surface area contributed by atoms with Crippen molar-refractivity contribution < 1.29 is 4.79 Å². The van der Waals surface area contributed by atoms with Gasteiger partial charge >= 0.3 is 0 Å². The molecule has 7 nitrogen and oxygen atoms in total. The summed E-state index contributed by atoms with van der Waals surface area (Å²) in [4.78, 5) is 12.4. The summed E-state index contributed by atoms with van der Waals surface area (Å²) in [6.45, 7) is 4.51. The van der Waals surface area contributed by atoms with Gasteiger partial charge in [0.05, 0.1) is 5.69 Å². The van der Waals surface area contributed by atoms with E-state index in [4.69, 9.17) is 24.4 Å². The minimum atomic E-state index is -0.242. The Morgan fingerprint density at radius 2 is 1.25 bits per heavy atom. The molecule has 2 aliphatic carbocycles. The second kappa shape index (κ2) is 12.2. The molecule has 9 heteroatoms. The van der Waals surface area contributed by atoms with Gasteiger partial charge in [0.2, 0.25) is 0 Å². The second-order valence-electron chi connectivity index (χ2n) is 9.09. The van der Waals surface area contributed by atoms with Crippen LogP contribution in [0.25, 0.3) is 0 Å². The highest BCUT2D eigenvalue weighted by atomic mass is 32.1. The zero-order chi connectivity index (χ0) is 22.9. The minimum Gasteiger partial charge on any atom is -0.358 e. The van der Waals surface area contributed by atoms with Gasteiger partial charge in [-0.3, -0.25) is 26.5 Å². The quantitative estimate of drug-likeness (QED) is 0.283. The van der Waals surface area contributed by atoms with E-state index < -0.39 is 0 Å². The van der Waals surface area contributed by atoms with Gasteiger partial charge in [0.15, 0.2) is 10.2 Å². The minimum absolute atomic E-state index is 0.242. The lowest BCUT2D eigenvalue weighted by atomic mass is 9.86. The van der Waals surface area contributed by atoms with Gasteiger partial charge in [-0.1, -0.05) is 39.5 Å². The molecule has 0 aromatic heterocycles. The Morgan fingerprint density at radius 1 is 0.750 bits per heavy atom. The number of carbonyl (C=O) groups is 1. The highest BCUT2D eigenvalue weighted by Crippen LogP contribution is 2.24. The van der Waals surface area contributed by atoms with Gasteiger partial charge in [-0.25, -0.2) is 0 Å². The van der Waals surface area contributed by atoms with E-state index in [0.29, 0.717) is 39.7 Å². The monoisotopic (exact) mass is 476 g/mol. The SMILES string of the molecule is C[C@H]1CCCC[C@H]1NC(=S)NNC(=O)c1ccc(NNC(=S)N[C@@H]2CCCC[C@@H]2C)cc1.